The molecule has 0 aliphatic carbocycles. The first kappa shape index (κ1) is 20.7. The van der Waals surface area contributed by atoms with E-state index < -0.39 is 9.84 Å². The molecule has 1 N–H and O–H groups in total. The molecule has 2 aromatic carbocycles. The minimum atomic E-state index is -3.54. The summed E-state index contributed by atoms with van der Waals surface area (Å²) in [5.74, 6) is 1.05. The van der Waals surface area contributed by atoms with Crippen molar-refractivity contribution in [3.8, 4) is 11.4 Å². The fourth-order valence-corrected chi connectivity index (χ4v) is 5.27. The van der Waals surface area contributed by atoms with Crippen molar-refractivity contribution in [2.45, 2.75) is 23.6 Å². The van der Waals surface area contributed by atoms with Gasteiger partial charge in [0.25, 0.3) is 0 Å². The number of nitrogens with zero attached hydrogens (tertiary/aromatic N) is 3. The minimum absolute atomic E-state index is 0.136. The summed E-state index contributed by atoms with van der Waals surface area (Å²) in [7, 11) is -3.54. The molecule has 1 saturated heterocycles. The summed E-state index contributed by atoms with van der Waals surface area (Å²) in [4.78, 5) is 15.1. The maximum atomic E-state index is 13.0. The molecule has 0 radical (unpaired) electrons. The summed E-state index contributed by atoms with van der Waals surface area (Å²) < 4.78 is 31.7. The van der Waals surface area contributed by atoms with E-state index in [2.05, 4.69) is 21.8 Å². The molecule has 1 aliphatic heterocycles. The molecule has 0 spiro atoms. The highest BCUT2D eigenvalue weighted by atomic mass is 32.2. The SMILES string of the molecule is C[C@H]1COCCN1c1cc(CS(=O)(=O)c2ccccc2)nc(-c2ccc3[nH]ccc3c2)n1. The molecule has 3 heterocycles. The normalized spacial score (nSPS) is 17.0. The van der Waals surface area contributed by atoms with Gasteiger partial charge in [-0.15, -0.1) is 0 Å². The van der Waals surface area contributed by atoms with Gasteiger partial charge in [-0.25, -0.2) is 18.4 Å². The molecule has 0 unspecified atom stereocenters. The third kappa shape index (κ3) is 4.11. The molecule has 0 saturated carbocycles. The number of morpholine rings is 1. The van der Waals surface area contributed by atoms with Crippen molar-refractivity contribution < 1.29 is 13.2 Å². The monoisotopic (exact) mass is 448 g/mol. The van der Waals surface area contributed by atoms with Gasteiger partial charge in [0.1, 0.15) is 5.82 Å². The number of aromatic nitrogens is 3. The van der Waals surface area contributed by atoms with E-state index in [4.69, 9.17) is 9.72 Å². The van der Waals surface area contributed by atoms with Gasteiger partial charge in [-0.1, -0.05) is 18.2 Å². The topological polar surface area (TPSA) is 88.2 Å². The van der Waals surface area contributed by atoms with E-state index in [1.807, 2.05) is 30.5 Å². The first-order valence-electron chi connectivity index (χ1n) is 10.6. The Morgan fingerprint density at radius 3 is 2.75 bits per heavy atom. The predicted molar refractivity (Wildman–Crippen MR) is 124 cm³/mol. The highest BCUT2D eigenvalue weighted by Gasteiger charge is 2.24. The van der Waals surface area contributed by atoms with E-state index in [1.165, 1.54) is 0 Å². The lowest BCUT2D eigenvalue weighted by molar-refractivity contribution is 0.0985. The average Bonchev–Trinajstić information content (AvgIpc) is 3.27. The van der Waals surface area contributed by atoms with Crippen LogP contribution in [0.15, 0.2) is 71.8 Å². The van der Waals surface area contributed by atoms with Crippen LogP contribution in [0.1, 0.15) is 12.6 Å². The van der Waals surface area contributed by atoms with Gasteiger partial charge in [0.05, 0.1) is 35.6 Å². The van der Waals surface area contributed by atoms with Crippen LogP contribution in [0.25, 0.3) is 22.3 Å². The van der Waals surface area contributed by atoms with Gasteiger partial charge >= 0.3 is 0 Å². The molecular weight excluding hydrogens is 424 g/mol. The van der Waals surface area contributed by atoms with Crippen molar-refractivity contribution in [2.75, 3.05) is 24.7 Å². The molecule has 1 atom stereocenters. The summed E-state index contributed by atoms with van der Waals surface area (Å²) in [6.07, 6.45) is 1.89. The Kier molecular flexibility index (Phi) is 5.40. The summed E-state index contributed by atoms with van der Waals surface area (Å²) >= 11 is 0. The van der Waals surface area contributed by atoms with E-state index in [9.17, 15) is 8.42 Å². The second-order valence-corrected chi connectivity index (χ2v) is 10.00. The Morgan fingerprint density at radius 2 is 1.94 bits per heavy atom. The number of hydrogen-bond donors (Lipinski definition) is 1. The van der Waals surface area contributed by atoms with E-state index in [0.29, 0.717) is 31.3 Å². The Morgan fingerprint density at radius 1 is 1.09 bits per heavy atom. The minimum Gasteiger partial charge on any atom is -0.377 e. The number of H-pyrrole nitrogens is 1. The van der Waals surface area contributed by atoms with Gasteiger partial charge in [0.2, 0.25) is 0 Å². The Labute approximate surface area is 187 Å². The number of sulfone groups is 1. The number of nitrogens with one attached hydrogen (secondary N) is 1. The van der Waals surface area contributed by atoms with Crippen LogP contribution in [0.4, 0.5) is 5.82 Å². The van der Waals surface area contributed by atoms with Gasteiger partial charge < -0.3 is 14.6 Å². The first-order valence-corrected chi connectivity index (χ1v) is 12.2. The van der Waals surface area contributed by atoms with Crippen LogP contribution >= 0.6 is 0 Å². The molecule has 0 bridgehead atoms. The zero-order valence-electron chi connectivity index (χ0n) is 17.7. The lowest BCUT2D eigenvalue weighted by Crippen LogP contribution is -2.44. The third-order valence-corrected chi connectivity index (χ3v) is 7.35. The third-order valence-electron chi connectivity index (χ3n) is 5.68. The van der Waals surface area contributed by atoms with Crippen molar-refractivity contribution in [2.24, 2.45) is 0 Å². The van der Waals surface area contributed by atoms with Crippen molar-refractivity contribution in [1.82, 2.24) is 15.0 Å². The largest absolute Gasteiger partial charge is 0.377 e. The van der Waals surface area contributed by atoms with Crippen LogP contribution in [-0.2, 0) is 20.3 Å². The van der Waals surface area contributed by atoms with Crippen molar-refractivity contribution in [3.63, 3.8) is 0 Å². The van der Waals surface area contributed by atoms with Crippen molar-refractivity contribution >= 4 is 26.6 Å². The Bertz CT molecular complexity index is 1350. The number of fused-ring (bicyclic) bond motifs is 1. The van der Waals surface area contributed by atoms with Crippen molar-refractivity contribution in [3.05, 3.63) is 72.6 Å². The van der Waals surface area contributed by atoms with Crippen LogP contribution < -0.4 is 4.90 Å². The van der Waals surface area contributed by atoms with E-state index >= 15 is 0 Å². The maximum Gasteiger partial charge on any atom is 0.184 e. The van der Waals surface area contributed by atoms with Crippen LogP contribution in [0.2, 0.25) is 0 Å². The smallest absolute Gasteiger partial charge is 0.184 e. The zero-order chi connectivity index (χ0) is 22.1. The van der Waals surface area contributed by atoms with Gasteiger partial charge in [0, 0.05) is 35.3 Å². The number of benzene rings is 2. The van der Waals surface area contributed by atoms with E-state index in [1.54, 1.807) is 36.4 Å². The van der Waals surface area contributed by atoms with Gasteiger partial charge in [-0.2, -0.15) is 0 Å². The molecule has 4 aromatic rings. The Hall–Kier alpha value is -3.23. The van der Waals surface area contributed by atoms with Crippen molar-refractivity contribution in [1.29, 1.82) is 0 Å². The fourth-order valence-electron chi connectivity index (χ4n) is 4.00. The number of hydrogen-bond acceptors (Lipinski definition) is 6. The van der Waals surface area contributed by atoms with E-state index in [0.717, 1.165) is 22.3 Å². The summed E-state index contributed by atoms with van der Waals surface area (Å²) in [6.45, 7) is 3.98. The highest BCUT2D eigenvalue weighted by molar-refractivity contribution is 7.90. The molecule has 5 rings (SSSR count). The number of anilines is 1. The zero-order valence-corrected chi connectivity index (χ0v) is 18.5. The lowest BCUT2D eigenvalue weighted by Gasteiger charge is -2.34. The predicted octanol–water partition coefficient (Wildman–Crippen LogP) is 3.82. The fraction of sp³-hybridized carbons (Fsp3) is 0.250. The molecule has 1 fully saturated rings. The molecule has 7 nitrogen and oxygen atoms in total. The molecule has 2 aromatic heterocycles. The quantitative estimate of drug-likeness (QED) is 0.499. The molecule has 0 amide bonds. The number of rotatable bonds is 5. The van der Waals surface area contributed by atoms with Crippen LogP contribution in [0, 0.1) is 0 Å². The standard InChI is InChI=1S/C24H24N4O3S/c1-17-15-31-12-11-28(17)23-14-20(16-32(29,30)21-5-3-2-4-6-21)26-24(27-23)19-7-8-22-18(13-19)9-10-25-22/h2-10,13-14,17,25H,11-12,15-16H2,1H3/t17-/m0/s1. The maximum absolute atomic E-state index is 13.0. The van der Waals surface area contributed by atoms with E-state index in [-0.39, 0.29) is 16.7 Å². The van der Waals surface area contributed by atoms with Gasteiger partial charge in [0.15, 0.2) is 15.7 Å². The molecular formula is C24H24N4O3S. The van der Waals surface area contributed by atoms with Crippen LogP contribution in [0.3, 0.4) is 0 Å². The summed E-state index contributed by atoms with van der Waals surface area (Å²) in [5.41, 5.74) is 2.35. The molecule has 32 heavy (non-hydrogen) atoms. The van der Waals surface area contributed by atoms with Crippen LogP contribution in [0.5, 0.6) is 0 Å². The first-order chi connectivity index (χ1) is 15.5. The van der Waals surface area contributed by atoms with Gasteiger partial charge in [-0.05, 0) is 43.3 Å². The molecule has 1 aliphatic rings. The highest BCUT2D eigenvalue weighted by Crippen LogP contribution is 2.27. The van der Waals surface area contributed by atoms with Crippen LogP contribution in [-0.4, -0.2) is 49.2 Å². The number of aromatic amines is 1. The second-order valence-electron chi connectivity index (χ2n) is 8.01. The molecule has 8 heteroatoms. The molecule has 164 valence electrons. The Balaban J connectivity index is 1.59. The lowest BCUT2D eigenvalue weighted by atomic mass is 10.1. The second kappa shape index (κ2) is 8.37. The van der Waals surface area contributed by atoms with Gasteiger partial charge in [-0.3, -0.25) is 0 Å². The number of ether oxygens (including phenoxy) is 1. The summed E-state index contributed by atoms with van der Waals surface area (Å²) in [6, 6.07) is 18.4. The average molecular weight is 449 g/mol. The summed E-state index contributed by atoms with van der Waals surface area (Å²) in [5, 5.41) is 1.05.